The van der Waals surface area contributed by atoms with Crippen LogP contribution in [0.15, 0.2) is 24.3 Å². The van der Waals surface area contributed by atoms with Crippen LogP contribution in [0.4, 0.5) is 4.79 Å². The largest absolute Gasteiger partial charge is 0.450 e. The molecule has 0 radical (unpaired) electrons. The van der Waals surface area contributed by atoms with E-state index in [1.165, 1.54) is 37.0 Å². The number of ether oxygens (including phenoxy) is 1. The summed E-state index contributed by atoms with van der Waals surface area (Å²) in [6, 6.07) is 9.76. The second-order valence-electron chi connectivity index (χ2n) is 10.1. The Morgan fingerprint density at radius 2 is 1.90 bits per heavy atom. The minimum Gasteiger partial charge on any atom is -0.450 e. The highest BCUT2D eigenvalue weighted by molar-refractivity contribution is 6.76. The average Bonchev–Trinajstić information content (AvgIpc) is 2.73. The number of aliphatic hydroxyl groups is 1. The van der Waals surface area contributed by atoms with Crippen LogP contribution in [0, 0.1) is 17.2 Å². The van der Waals surface area contributed by atoms with Crippen molar-refractivity contribution in [3.8, 4) is 6.07 Å². The summed E-state index contributed by atoms with van der Waals surface area (Å²) in [7, 11) is -1.31. The van der Waals surface area contributed by atoms with Crippen LogP contribution in [0.1, 0.15) is 49.7 Å². The summed E-state index contributed by atoms with van der Waals surface area (Å²) in [6.45, 7) is 7.56. The van der Waals surface area contributed by atoms with Crippen molar-refractivity contribution in [2.24, 2.45) is 11.7 Å². The molecule has 1 saturated carbocycles. The summed E-state index contributed by atoms with van der Waals surface area (Å²) in [5, 5.41) is 19.8. The quantitative estimate of drug-likeness (QED) is 0.517. The molecule has 6 nitrogen and oxygen atoms in total. The van der Waals surface area contributed by atoms with Gasteiger partial charge in [0.25, 0.3) is 0 Å². The standard InChI is InChI=1S/C24H39N3O3Si/c1-31(2,3)14-13-30-24(29)27(17-21-11-9-20(16-25)10-12-21)18-23(28)22(26)15-19-7-5-4-6-8-19/h9-12,19,22-23,28H,4-8,13-15,17-18,26H2,1-3H3/t22-,23-/m1/s1. The molecule has 0 bridgehead atoms. The van der Waals surface area contributed by atoms with Crippen LogP contribution >= 0.6 is 0 Å². The highest BCUT2D eigenvalue weighted by atomic mass is 28.3. The number of nitrogens with two attached hydrogens (primary N) is 1. The lowest BCUT2D eigenvalue weighted by molar-refractivity contribution is 0.0581. The van der Waals surface area contributed by atoms with Crippen LogP contribution in [-0.4, -0.2) is 49.5 Å². The Balaban J connectivity index is 2.00. The van der Waals surface area contributed by atoms with Gasteiger partial charge in [-0.15, -0.1) is 0 Å². The van der Waals surface area contributed by atoms with Gasteiger partial charge in [-0.3, -0.25) is 0 Å². The van der Waals surface area contributed by atoms with Crippen molar-refractivity contribution in [2.75, 3.05) is 13.2 Å². The van der Waals surface area contributed by atoms with Crippen molar-refractivity contribution in [3.63, 3.8) is 0 Å². The fraction of sp³-hybridized carbons (Fsp3) is 0.667. The van der Waals surface area contributed by atoms with E-state index in [-0.39, 0.29) is 12.6 Å². The zero-order valence-electron chi connectivity index (χ0n) is 19.3. The number of nitriles is 1. The molecule has 1 aromatic carbocycles. The molecule has 1 amide bonds. The first-order chi connectivity index (χ1) is 14.7. The smallest absolute Gasteiger partial charge is 0.410 e. The van der Waals surface area contributed by atoms with E-state index in [4.69, 9.17) is 15.7 Å². The first-order valence-electron chi connectivity index (χ1n) is 11.5. The first kappa shape index (κ1) is 25.4. The van der Waals surface area contributed by atoms with E-state index in [9.17, 15) is 9.90 Å². The summed E-state index contributed by atoms with van der Waals surface area (Å²) in [5.41, 5.74) is 7.78. The monoisotopic (exact) mass is 445 g/mol. The van der Waals surface area contributed by atoms with Crippen molar-refractivity contribution in [3.05, 3.63) is 35.4 Å². The van der Waals surface area contributed by atoms with E-state index in [1.54, 1.807) is 12.1 Å². The van der Waals surface area contributed by atoms with Gasteiger partial charge in [0.2, 0.25) is 0 Å². The highest BCUT2D eigenvalue weighted by Crippen LogP contribution is 2.27. The lowest BCUT2D eigenvalue weighted by Gasteiger charge is -2.30. The van der Waals surface area contributed by atoms with E-state index in [0.29, 0.717) is 24.6 Å². The van der Waals surface area contributed by atoms with Gasteiger partial charge in [0.15, 0.2) is 0 Å². The Morgan fingerprint density at radius 1 is 1.26 bits per heavy atom. The van der Waals surface area contributed by atoms with Crippen LogP contribution in [0.25, 0.3) is 0 Å². The summed E-state index contributed by atoms with van der Waals surface area (Å²) < 4.78 is 5.55. The average molecular weight is 446 g/mol. The van der Waals surface area contributed by atoms with Crippen molar-refractivity contribution >= 4 is 14.2 Å². The minimum absolute atomic E-state index is 0.139. The Bertz CT molecular complexity index is 721. The fourth-order valence-electron chi connectivity index (χ4n) is 3.97. The number of carbonyl (C=O) groups is 1. The SMILES string of the molecule is C[Si](C)(C)CCOC(=O)N(Cc1ccc(C#N)cc1)C[C@@H](O)[C@H](N)CC1CCCCC1. The summed E-state index contributed by atoms with van der Waals surface area (Å²) in [4.78, 5) is 14.4. The van der Waals surface area contributed by atoms with Crippen LogP contribution in [0.5, 0.6) is 0 Å². The minimum atomic E-state index is -1.31. The van der Waals surface area contributed by atoms with Crippen molar-refractivity contribution in [1.29, 1.82) is 5.26 Å². The second kappa shape index (κ2) is 12.2. The third-order valence-corrected chi connectivity index (χ3v) is 7.73. The van der Waals surface area contributed by atoms with Crippen LogP contribution in [-0.2, 0) is 11.3 Å². The summed E-state index contributed by atoms with van der Waals surface area (Å²) in [6.07, 6.45) is 5.68. The van der Waals surface area contributed by atoms with Gasteiger partial charge in [-0.05, 0) is 36.1 Å². The number of rotatable bonds is 10. The summed E-state index contributed by atoms with van der Waals surface area (Å²) >= 11 is 0. The number of aliphatic hydroxyl groups excluding tert-OH is 1. The van der Waals surface area contributed by atoms with Crippen molar-refractivity contribution in [1.82, 2.24) is 4.90 Å². The highest BCUT2D eigenvalue weighted by Gasteiger charge is 2.26. The maximum atomic E-state index is 12.8. The van der Waals surface area contributed by atoms with Crippen LogP contribution < -0.4 is 5.73 Å². The Labute approximate surface area is 188 Å². The van der Waals surface area contributed by atoms with Gasteiger partial charge >= 0.3 is 6.09 Å². The predicted octanol–water partition coefficient (Wildman–Crippen LogP) is 4.49. The molecule has 2 rings (SSSR count). The van der Waals surface area contributed by atoms with Crippen molar-refractivity contribution < 1.29 is 14.6 Å². The van der Waals surface area contributed by atoms with E-state index in [1.807, 2.05) is 12.1 Å². The first-order valence-corrected chi connectivity index (χ1v) is 15.2. The molecular weight excluding hydrogens is 406 g/mol. The lowest BCUT2D eigenvalue weighted by atomic mass is 9.84. The molecule has 1 aliphatic carbocycles. The predicted molar refractivity (Wildman–Crippen MR) is 126 cm³/mol. The number of hydrogen-bond donors (Lipinski definition) is 2. The van der Waals surface area contributed by atoms with E-state index in [0.717, 1.165) is 18.0 Å². The molecule has 0 heterocycles. The molecule has 7 heteroatoms. The number of amides is 1. The molecule has 172 valence electrons. The molecule has 1 aromatic rings. The maximum Gasteiger partial charge on any atom is 0.410 e. The van der Waals surface area contributed by atoms with E-state index >= 15 is 0 Å². The topological polar surface area (TPSA) is 99.6 Å². The Morgan fingerprint density at radius 3 is 2.48 bits per heavy atom. The molecule has 1 fully saturated rings. The third kappa shape index (κ3) is 9.42. The number of carbonyl (C=O) groups excluding carboxylic acids is 1. The molecule has 3 N–H and O–H groups in total. The Kier molecular flexibility index (Phi) is 10.0. The van der Waals surface area contributed by atoms with E-state index in [2.05, 4.69) is 25.7 Å². The molecule has 0 unspecified atom stereocenters. The number of nitrogens with zero attached hydrogens (tertiary/aromatic N) is 2. The van der Waals surface area contributed by atoms with Crippen LogP contribution in [0.2, 0.25) is 25.7 Å². The van der Waals surface area contributed by atoms with Crippen molar-refractivity contribution in [2.45, 2.75) is 82.9 Å². The van der Waals surface area contributed by atoms with E-state index < -0.39 is 20.3 Å². The zero-order valence-corrected chi connectivity index (χ0v) is 20.3. The van der Waals surface area contributed by atoms with Gasteiger partial charge in [-0.2, -0.15) is 5.26 Å². The Hall–Kier alpha value is -1.88. The van der Waals surface area contributed by atoms with Gasteiger partial charge in [-0.1, -0.05) is 63.9 Å². The summed E-state index contributed by atoms with van der Waals surface area (Å²) in [5.74, 6) is 0.564. The molecular formula is C24H39N3O3Si. The van der Waals surface area contributed by atoms with Gasteiger partial charge < -0.3 is 20.5 Å². The number of benzene rings is 1. The maximum absolute atomic E-state index is 12.8. The molecule has 0 aromatic heterocycles. The molecule has 0 saturated heterocycles. The molecule has 2 atom stereocenters. The molecule has 0 spiro atoms. The van der Waals surface area contributed by atoms with Gasteiger partial charge in [0.1, 0.15) is 0 Å². The molecule has 31 heavy (non-hydrogen) atoms. The van der Waals surface area contributed by atoms with Gasteiger partial charge in [0.05, 0.1) is 30.9 Å². The second-order valence-corrected chi connectivity index (χ2v) is 15.7. The normalized spacial score (nSPS) is 16.9. The molecule has 0 aliphatic heterocycles. The lowest BCUT2D eigenvalue weighted by Crippen LogP contribution is -2.46. The zero-order chi connectivity index (χ0) is 22.9. The number of hydrogen-bond acceptors (Lipinski definition) is 5. The third-order valence-electron chi connectivity index (χ3n) is 6.02. The molecule has 1 aliphatic rings. The van der Waals surface area contributed by atoms with Gasteiger partial charge in [-0.25, -0.2) is 4.79 Å². The van der Waals surface area contributed by atoms with Gasteiger partial charge in [0, 0.05) is 20.7 Å². The van der Waals surface area contributed by atoms with Crippen LogP contribution in [0.3, 0.4) is 0 Å². The fourth-order valence-corrected chi connectivity index (χ4v) is 4.68.